The molecule has 0 saturated heterocycles. The Morgan fingerprint density at radius 3 is 2.15 bits per heavy atom. The second kappa shape index (κ2) is 5.25. The molecule has 0 bridgehead atoms. The van der Waals surface area contributed by atoms with Crippen molar-refractivity contribution in [2.45, 2.75) is 0 Å². The van der Waals surface area contributed by atoms with Crippen molar-refractivity contribution in [2.24, 2.45) is 0 Å². The van der Waals surface area contributed by atoms with Crippen LogP contribution in [-0.2, 0) is 0 Å². The lowest BCUT2D eigenvalue weighted by atomic mass is 9.98. The molecular weight excluding hydrogens is 318 g/mol. The maximum Gasteiger partial charge on any atom is 0.131 e. The first-order chi connectivity index (χ1) is 9.59. The van der Waals surface area contributed by atoms with E-state index in [1.165, 1.54) is 6.07 Å². The monoisotopic (exact) mass is 324 g/mol. The molecule has 0 atom stereocenters. The van der Waals surface area contributed by atoms with Crippen molar-refractivity contribution in [1.82, 2.24) is 0 Å². The minimum atomic E-state index is -0.315. The Balaban J connectivity index is 2.45. The average Bonchev–Trinajstić information content (AvgIpc) is 2.44. The zero-order valence-corrected chi connectivity index (χ0v) is 12.4. The first-order valence-electron chi connectivity index (χ1n) is 5.90. The molecule has 0 unspecified atom stereocenters. The van der Waals surface area contributed by atoms with E-state index < -0.39 is 0 Å². The minimum absolute atomic E-state index is 0.315. The van der Waals surface area contributed by atoms with Gasteiger partial charge in [0.05, 0.1) is 15.1 Å². The largest absolute Gasteiger partial charge is 0.206 e. The van der Waals surface area contributed by atoms with Crippen molar-refractivity contribution in [2.75, 3.05) is 0 Å². The highest BCUT2D eigenvalue weighted by atomic mass is 35.5. The average molecular weight is 326 g/mol. The van der Waals surface area contributed by atoms with E-state index in [-0.39, 0.29) is 5.82 Å². The third-order valence-electron chi connectivity index (χ3n) is 3.17. The van der Waals surface area contributed by atoms with Crippen LogP contribution < -0.4 is 0 Å². The van der Waals surface area contributed by atoms with Crippen molar-refractivity contribution in [3.05, 3.63) is 69.4 Å². The second-order valence-corrected chi connectivity index (χ2v) is 5.55. The van der Waals surface area contributed by atoms with Crippen molar-refractivity contribution in [1.29, 1.82) is 0 Å². The fraction of sp³-hybridized carbons (Fsp3) is 0. The molecule has 3 aromatic carbocycles. The van der Waals surface area contributed by atoms with Gasteiger partial charge in [0.1, 0.15) is 5.82 Å². The van der Waals surface area contributed by atoms with E-state index in [9.17, 15) is 4.39 Å². The van der Waals surface area contributed by atoms with E-state index in [1.54, 1.807) is 24.3 Å². The zero-order valence-electron chi connectivity index (χ0n) is 10.1. The third-order valence-corrected chi connectivity index (χ3v) is 4.29. The van der Waals surface area contributed by atoms with E-state index in [0.717, 1.165) is 5.39 Å². The Hall–Kier alpha value is -1.28. The molecule has 20 heavy (non-hydrogen) atoms. The van der Waals surface area contributed by atoms with Crippen LogP contribution in [0.15, 0.2) is 48.5 Å². The molecule has 100 valence electrons. The summed E-state index contributed by atoms with van der Waals surface area (Å²) in [6, 6.07) is 13.7. The molecule has 0 saturated carbocycles. The van der Waals surface area contributed by atoms with Crippen LogP contribution in [0.2, 0.25) is 15.1 Å². The third kappa shape index (κ3) is 2.16. The van der Waals surface area contributed by atoms with E-state index in [2.05, 4.69) is 0 Å². The normalized spacial score (nSPS) is 11.0. The van der Waals surface area contributed by atoms with Crippen molar-refractivity contribution in [3.8, 4) is 11.1 Å². The van der Waals surface area contributed by atoms with Crippen LogP contribution in [-0.4, -0.2) is 0 Å². The molecule has 3 aromatic rings. The predicted molar refractivity (Wildman–Crippen MR) is 84.4 cm³/mol. The van der Waals surface area contributed by atoms with Gasteiger partial charge < -0.3 is 0 Å². The van der Waals surface area contributed by atoms with Crippen LogP contribution in [0.3, 0.4) is 0 Å². The van der Waals surface area contributed by atoms with Crippen LogP contribution in [0, 0.1) is 5.82 Å². The fourth-order valence-electron chi connectivity index (χ4n) is 2.28. The van der Waals surface area contributed by atoms with Gasteiger partial charge in [-0.15, -0.1) is 0 Å². The van der Waals surface area contributed by atoms with Crippen molar-refractivity contribution >= 4 is 45.6 Å². The van der Waals surface area contributed by atoms with Gasteiger partial charge >= 0.3 is 0 Å². The van der Waals surface area contributed by atoms with Crippen LogP contribution in [0.4, 0.5) is 4.39 Å². The lowest BCUT2D eigenvalue weighted by Crippen LogP contribution is -1.88. The molecule has 0 fully saturated rings. The van der Waals surface area contributed by atoms with Crippen LogP contribution in [0.5, 0.6) is 0 Å². The predicted octanol–water partition coefficient (Wildman–Crippen LogP) is 6.61. The van der Waals surface area contributed by atoms with E-state index in [0.29, 0.717) is 31.6 Å². The molecule has 0 aliphatic heterocycles. The Kier molecular flexibility index (Phi) is 3.59. The van der Waals surface area contributed by atoms with E-state index in [1.807, 2.05) is 18.2 Å². The molecule has 0 spiro atoms. The number of halogens is 4. The summed E-state index contributed by atoms with van der Waals surface area (Å²) in [5.41, 5.74) is 1.19. The molecule has 4 heteroatoms. The Labute approximate surface area is 130 Å². The highest BCUT2D eigenvalue weighted by Crippen LogP contribution is 2.42. The first-order valence-corrected chi connectivity index (χ1v) is 7.04. The van der Waals surface area contributed by atoms with Crippen molar-refractivity contribution < 1.29 is 4.39 Å². The number of fused-ring (bicyclic) bond motifs is 1. The van der Waals surface area contributed by atoms with Crippen LogP contribution >= 0.6 is 34.8 Å². The summed E-state index contributed by atoms with van der Waals surface area (Å²) in [5.74, 6) is -0.315. The summed E-state index contributed by atoms with van der Waals surface area (Å²) in [6.07, 6.45) is 0. The number of hydrogen-bond donors (Lipinski definition) is 0. The lowest BCUT2D eigenvalue weighted by molar-refractivity contribution is 0.640. The molecule has 0 heterocycles. The van der Waals surface area contributed by atoms with Crippen LogP contribution in [0.1, 0.15) is 0 Å². The minimum Gasteiger partial charge on any atom is -0.206 e. The molecule has 0 aliphatic carbocycles. The topological polar surface area (TPSA) is 0 Å². The van der Waals surface area contributed by atoms with Crippen molar-refractivity contribution in [3.63, 3.8) is 0 Å². The number of hydrogen-bond acceptors (Lipinski definition) is 0. The maximum absolute atomic E-state index is 14.2. The van der Waals surface area contributed by atoms with Crippen LogP contribution in [0.25, 0.3) is 21.9 Å². The van der Waals surface area contributed by atoms with Gasteiger partial charge in [-0.3, -0.25) is 0 Å². The Morgan fingerprint density at radius 2 is 1.40 bits per heavy atom. The van der Waals surface area contributed by atoms with Gasteiger partial charge in [0.15, 0.2) is 0 Å². The smallest absolute Gasteiger partial charge is 0.131 e. The molecule has 0 radical (unpaired) electrons. The highest BCUT2D eigenvalue weighted by molar-refractivity contribution is 6.46. The SMILES string of the molecule is Fc1cccc2cccc(-c3c(Cl)ccc(Cl)c3Cl)c12. The molecule has 3 rings (SSSR count). The molecule has 0 N–H and O–H groups in total. The van der Waals surface area contributed by atoms with Gasteiger partial charge in [-0.05, 0) is 29.1 Å². The number of rotatable bonds is 1. The fourth-order valence-corrected chi connectivity index (χ4v) is 3.01. The van der Waals surface area contributed by atoms with Gasteiger partial charge in [-0.25, -0.2) is 4.39 Å². The zero-order chi connectivity index (χ0) is 14.3. The summed E-state index contributed by atoms with van der Waals surface area (Å²) >= 11 is 18.5. The summed E-state index contributed by atoms with van der Waals surface area (Å²) < 4.78 is 14.2. The molecule has 0 aromatic heterocycles. The lowest BCUT2D eigenvalue weighted by Gasteiger charge is -2.12. The number of benzene rings is 3. The van der Waals surface area contributed by atoms with Gasteiger partial charge in [0, 0.05) is 10.9 Å². The standard InChI is InChI=1S/C16H8Cl3F/c17-11-7-8-12(18)16(19)15(11)10-5-1-3-9-4-2-6-13(20)14(9)10/h1-8H. The summed E-state index contributed by atoms with van der Waals surface area (Å²) in [4.78, 5) is 0. The summed E-state index contributed by atoms with van der Waals surface area (Å²) in [6.45, 7) is 0. The quantitative estimate of drug-likeness (QED) is 0.442. The van der Waals surface area contributed by atoms with Gasteiger partial charge in [-0.2, -0.15) is 0 Å². The van der Waals surface area contributed by atoms with Gasteiger partial charge in [0.2, 0.25) is 0 Å². The maximum atomic E-state index is 14.2. The Morgan fingerprint density at radius 1 is 0.750 bits per heavy atom. The Bertz CT molecular complexity index is 807. The van der Waals surface area contributed by atoms with Gasteiger partial charge in [-0.1, -0.05) is 65.1 Å². The summed E-state index contributed by atoms with van der Waals surface area (Å²) in [7, 11) is 0. The van der Waals surface area contributed by atoms with E-state index >= 15 is 0 Å². The van der Waals surface area contributed by atoms with E-state index in [4.69, 9.17) is 34.8 Å². The second-order valence-electron chi connectivity index (χ2n) is 4.36. The summed E-state index contributed by atoms with van der Waals surface area (Å²) in [5, 5.41) is 2.43. The molecule has 0 amide bonds. The molecular formula is C16H8Cl3F. The molecule has 0 aliphatic rings. The molecule has 0 nitrogen and oxygen atoms in total. The highest BCUT2D eigenvalue weighted by Gasteiger charge is 2.16. The van der Waals surface area contributed by atoms with Gasteiger partial charge in [0.25, 0.3) is 0 Å². The first kappa shape index (κ1) is 13.7.